The van der Waals surface area contributed by atoms with Gasteiger partial charge in [-0.15, -0.1) is 0 Å². The number of likely N-dealkylation sites (tertiary alicyclic amines) is 1. The number of nitrogens with one attached hydrogen (secondary N) is 2. The van der Waals surface area contributed by atoms with Crippen LogP contribution in [0.5, 0.6) is 0 Å². The molecule has 1 aliphatic heterocycles. The molecular weight excluding hydrogens is 278 g/mol. The van der Waals surface area contributed by atoms with Gasteiger partial charge in [-0.25, -0.2) is 0 Å². The first-order chi connectivity index (χ1) is 10.2. The standard InChI is InChI=1S/C17H27N3S/c1-15-8-12-20(13-9-15)11-5-10-18-17(21)19-14-16-6-3-2-4-7-16/h2-4,6-7,15H,5,8-14H2,1H3,(H2,18,19,21). The maximum atomic E-state index is 5.30. The van der Waals surface area contributed by atoms with Gasteiger partial charge in [0.25, 0.3) is 0 Å². The molecule has 1 saturated heterocycles. The lowest BCUT2D eigenvalue weighted by Gasteiger charge is -2.30. The van der Waals surface area contributed by atoms with Crippen molar-refractivity contribution in [1.82, 2.24) is 15.5 Å². The van der Waals surface area contributed by atoms with E-state index in [1.165, 1.54) is 38.0 Å². The summed E-state index contributed by atoms with van der Waals surface area (Å²) < 4.78 is 0. The topological polar surface area (TPSA) is 27.3 Å². The predicted molar refractivity (Wildman–Crippen MR) is 93.3 cm³/mol. The van der Waals surface area contributed by atoms with Gasteiger partial charge in [-0.3, -0.25) is 0 Å². The van der Waals surface area contributed by atoms with Crippen molar-refractivity contribution < 1.29 is 0 Å². The third-order valence-electron chi connectivity index (χ3n) is 4.11. The molecule has 0 saturated carbocycles. The highest BCUT2D eigenvalue weighted by Crippen LogP contribution is 2.15. The maximum Gasteiger partial charge on any atom is 0.166 e. The van der Waals surface area contributed by atoms with Gasteiger partial charge in [-0.2, -0.15) is 0 Å². The Labute approximate surface area is 134 Å². The van der Waals surface area contributed by atoms with Gasteiger partial charge in [0.15, 0.2) is 5.11 Å². The Bertz CT molecular complexity index is 413. The van der Waals surface area contributed by atoms with E-state index < -0.39 is 0 Å². The summed E-state index contributed by atoms with van der Waals surface area (Å²) >= 11 is 5.30. The lowest BCUT2D eigenvalue weighted by Crippen LogP contribution is -2.38. The van der Waals surface area contributed by atoms with E-state index in [1.54, 1.807) is 0 Å². The lowest BCUT2D eigenvalue weighted by atomic mass is 9.99. The summed E-state index contributed by atoms with van der Waals surface area (Å²) in [5.74, 6) is 0.911. The van der Waals surface area contributed by atoms with Gasteiger partial charge in [0.1, 0.15) is 0 Å². The summed E-state index contributed by atoms with van der Waals surface area (Å²) in [6, 6.07) is 10.3. The van der Waals surface area contributed by atoms with Crippen LogP contribution in [0.15, 0.2) is 30.3 Å². The zero-order chi connectivity index (χ0) is 14.9. The molecule has 1 heterocycles. The normalized spacial score (nSPS) is 16.6. The smallest absolute Gasteiger partial charge is 0.166 e. The summed E-state index contributed by atoms with van der Waals surface area (Å²) in [5, 5.41) is 7.30. The molecular formula is C17H27N3S. The fourth-order valence-electron chi connectivity index (χ4n) is 2.63. The highest BCUT2D eigenvalue weighted by molar-refractivity contribution is 7.80. The second kappa shape index (κ2) is 9.00. The molecule has 116 valence electrons. The lowest BCUT2D eigenvalue weighted by molar-refractivity contribution is 0.191. The molecule has 4 heteroatoms. The van der Waals surface area contributed by atoms with E-state index >= 15 is 0 Å². The third-order valence-corrected chi connectivity index (χ3v) is 4.40. The monoisotopic (exact) mass is 305 g/mol. The summed E-state index contributed by atoms with van der Waals surface area (Å²) in [5.41, 5.74) is 1.25. The summed E-state index contributed by atoms with van der Waals surface area (Å²) in [6.45, 7) is 7.80. The number of thiocarbonyl (C=S) groups is 1. The minimum Gasteiger partial charge on any atom is -0.363 e. The van der Waals surface area contributed by atoms with Gasteiger partial charge in [-0.1, -0.05) is 37.3 Å². The molecule has 0 radical (unpaired) electrons. The Balaban J connectivity index is 1.51. The second-order valence-corrected chi connectivity index (χ2v) is 6.38. The van der Waals surface area contributed by atoms with E-state index in [0.29, 0.717) is 0 Å². The largest absolute Gasteiger partial charge is 0.363 e. The molecule has 2 N–H and O–H groups in total. The molecule has 21 heavy (non-hydrogen) atoms. The first-order valence-electron chi connectivity index (χ1n) is 8.02. The second-order valence-electron chi connectivity index (χ2n) is 5.97. The molecule has 3 nitrogen and oxygen atoms in total. The molecule has 0 spiro atoms. The van der Waals surface area contributed by atoms with E-state index in [9.17, 15) is 0 Å². The van der Waals surface area contributed by atoms with Crippen molar-refractivity contribution in [2.75, 3.05) is 26.2 Å². The molecule has 1 aromatic carbocycles. The van der Waals surface area contributed by atoms with Gasteiger partial charge in [-0.05, 0) is 62.6 Å². The van der Waals surface area contributed by atoms with E-state index in [4.69, 9.17) is 12.2 Å². The third kappa shape index (κ3) is 6.44. The van der Waals surface area contributed by atoms with E-state index in [0.717, 1.165) is 30.5 Å². The van der Waals surface area contributed by atoms with Gasteiger partial charge < -0.3 is 15.5 Å². The zero-order valence-corrected chi connectivity index (χ0v) is 13.8. The summed E-state index contributed by atoms with van der Waals surface area (Å²) in [7, 11) is 0. The maximum absolute atomic E-state index is 5.30. The molecule has 1 aliphatic rings. The van der Waals surface area contributed by atoms with Crippen LogP contribution in [0.2, 0.25) is 0 Å². The van der Waals surface area contributed by atoms with Crippen molar-refractivity contribution in [2.24, 2.45) is 5.92 Å². The number of nitrogens with zero attached hydrogens (tertiary/aromatic N) is 1. The van der Waals surface area contributed by atoms with Crippen LogP contribution < -0.4 is 10.6 Å². The van der Waals surface area contributed by atoms with Crippen LogP contribution in [0.25, 0.3) is 0 Å². The van der Waals surface area contributed by atoms with Crippen molar-refractivity contribution in [3.63, 3.8) is 0 Å². The fourth-order valence-corrected chi connectivity index (χ4v) is 2.81. The van der Waals surface area contributed by atoms with Gasteiger partial charge >= 0.3 is 0 Å². The van der Waals surface area contributed by atoms with Crippen LogP contribution >= 0.6 is 12.2 Å². The van der Waals surface area contributed by atoms with Crippen LogP contribution in [0.3, 0.4) is 0 Å². The summed E-state index contributed by atoms with van der Waals surface area (Å²) in [6.07, 6.45) is 3.86. The van der Waals surface area contributed by atoms with Gasteiger partial charge in [0.05, 0.1) is 0 Å². The number of piperidine rings is 1. The highest BCUT2D eigenvalue weighted by atomic mass is 32.1. The average molecular weight is 305 g/mol. The molecule has 1 aromatic rings. The van der Waals surface area contributed by atoms with Gasteiger partial charge in [0, 0.05) is 13.1 Å². The number of rotatable bonds is 6. The summed E-state index contributed by atoms with van der Waals surface area (Å²) in [4.78, 5) is 2.57. The Morgan fingerprint density at radius 2 is 1.90 bits per heavy atom. The predicted octanol–water partition coefficient (Wildman–Crippen LogP) is 2.77. The quantitative estimate of drug-likeness (QED) is 0.624. The zero-order valence-electron chi connectivity index (χ0n) is 13.0. The molecule has 0 aliphatic carbocycles. The molecule has 1 fully saturated rings. The molecule has 0 amide bonds. The Hall–Kier alpha value is -1.13. The van der Waals surface area contributed by atoms with E-state index in [-0.39, 0.29) is 0 Å². The molecule has 2 rings (SSSR count). The van der Waals surface area contributed by atoms with Crippen molar-refractivity contribution in [3.8, 4) is 0 Å². The van der Waals surface area contributed by atoms with Crippen molar-refractivity contribution in [2.45, 2.75) is 32.7 Å². The molecule has 0 atom stereocenters. The molecule has 0 unspecified atom stereocenters. The van der Waals surface area contributed by atoms with Crippen LogP contribution in [0.4, 0.5) is 0 Å². The average Bonchev–Trinajstić information content (AvgIpc) is 2.52. The van der Waals surface area contributed by atoms with Crippen LogP contribution in [0, 0.1) is 5.92 Å². The minimum absolute atomic E-state index is 0.756. The fraction of sp³-hybridized carbons (Fsp3) is 0.588. The number of hydrogen-bond donors (Lipinski definition) is 2. The number of hydrogen-bond acceptors (Lipinski definition) is 2. The van der Waals surface area contributed by atoms with E-state index in [2.05, 4.69) is 34.6 Å². The van der Waals surface area contributed by atoms with Crippen LogP contribution in [0.1, 0.15) is 31.7 Å². The Kier molecular flexibility index (Phi) is 6.96. The highest BCUT2D eigenvalue weighted by Gasteiger charge is 2.14. The van der Waals surface area contributed by atoms with Crippen molar-refractivity contribution in [1.29, 1.82) is 0 Å². The van der Waals surface area contributed by atoms with Crippen LogP contribution in [-0.4, -0.2) is 36.2 Å². The first kappa shape index (κ1) is 16.2. The minimum atomic E-state index is 0.756. The van der Waals surface area contributed by atoms with Gasteiger partial charge in [0.2, 0.25) is 0 Å². The Morgan fingerprint density at radius 3 is 2.62 bits per heavy atom. The van der Waals surface area contributed by atoms with Crippen molar-refractivity contribution >= 4 is 17.3 Å². The first-order valence-corrected chi connectivity index (χ1v) is 8.43. The number of benzene rings is 1. The van der Waals surface area contributed by atoms with E-state index in [1.807, 2.05) is 18.2 Å². The Morgan fingerprint density at radius 1 is 1.19 bits per heavy atom. The SMILES string of the molecule is CC1CCN(CCCNC(=S)NCc2ccccc2)CC1. The molecule has 0 bridgehead atoms. The van der Waals surface area contributed by atoms with Crippen molar-refractivity contribution in [3.05, 3.63) is 35.9 Å². The molecule has 0 aromatic heterocycles. The van der Waals surface area contributed by atoms with Crippen LogP contribution in [-0.2, 0) is 6.54 Å².